The summed E-state index contributed by atoms with van der Waals surface area (Å²) in [7, 11) is -3.36. The monoisotopic (exact) mass is 330 g/mol. The summed E-state index contributed by atoms with van der Waals surface area (Å²) in [6, 6.07) is 5.60. The van der Waals surface area contributed by atoms with Crippen LogP contribution in [0.2, 0.25) is 0 Å². The summed E-state index contributed by atoms with van der Waals surface area (Å²) in [5.74, 6) is 0.419. The van der Waals surface area contributed by atoms with Crippen LogP contribution in [0.5, 0.6) is 0 Å². The van der Waals surface area contributed by atoms with Gasteiger partial charge < -0.3 is 5.32 Å². The van der Waals surface area contributed by atoms with Gasteiger partial charge in [0.15, 0.2) is 0 Å². The molecule has 1 fully saturated rings. The molecule has 1 aliphatic carbocycles. The number of benzene rings is 1. The lowest BCUT2D eigenvalue weighted by Crippen LogP contribution is -2.30. The third kappa shape index (κ3) is 3.97. The van der Waals surface area contributed by atoms with E-state index in [2.05, 4.69) is 10.0 Å². The van der Waals surface area contributed by atoms with Gasteiger partial charge in [0.25, 0.3) is 0 Å². The number of nitrogens with one attached hydrogen (secondary N) is 2. The first-order valence-corrected chi connectivity index (χ1v) is 8.96. The summed E-state index contributed by atoms with van der Waals surface area (Å²) in [6.45, 7) is 2.43. The molecule has 0 bridgehead atoms. The van der Waals surface area contributed by atoms with Gasteiger partial charge in [-0.3, -0.25) is 0 Å². The number of fused-ring (bicyclic) bond motifs is 1. The number of rotatable bonds is 4. The van der Waals surface area contributed by atoms with Crippen LogP contribution in [0.15, 0.2) is 23.1 Å². The summed E-state index contributed by atoms with van der Waals surface area (Å²) in [4.78, 5) is 0.420. The second-order valence-corrected chi connectivity index (χ2v) is 7.62. The molecule has 21 heavy (non-hydrogen) atoms. The van der Waals surface area contributed by atoms with Crippen LogP contribution in [0.4, 0.5) is 0 Å². The Kier molecular flexibility index (Phi) is 5.66. The molecule has 0 radical (unpaired) electrons. The molecule has 0 aromatic heterocycles. The first-order valence-electron chi connectivity index (χ1n) is 7.47. The minimum Gasteiger partial charge on any atom is -0.316 e. The lowest BCUT2D eigenvalue weighted by Gasteiger charge is -2.17. The molecule has 3 rings (SSSR count). The Hall–Kier alpha value is -0.620. The molecule has 0 amide bonds. The fraction of sp³-hybridized carbons (Fsp3) is 0.600. The zero-order valence-corrected chi connectivity index (χ0v) is 13.7. The van der Waals surface area contributed by atoms with Crippen molar-refractivity contribution >= 4 is 22.4 Å². The van der Waals surface area contributed by atoms with Crippen LogP contribution >= 0.6 is 12.4 Å². The van der Waals surface area contributed by atoms with Crippen LogP contribution < -0.4 is 10.0 Å². The lowest BCUT2D eigenvalue weighted by molar-refractivity contribution is 0.538. The van der Waals surface area contributed by atoms with Gasteiger partial charge in [-0.2, -0.15) is 0 Å². The molecule has 0 saturated carbocycles. The molecule has 2 N–H and O–H groups in total. The van der Waals surface area contributed by atoms with E-state index in [1.807, 2.05) is 12.1 Å². The molecule has 4 nitrogen and oxygen atoms in total. The molecule has 1 aliphatic heterocycles. The fourth-order valence-corrected chi connectivity index (χ4v) is 4.24. The number of hydrogen-bond donors (Lipinski definition) is 2. The topological polar surface area (TPSA) is 58.2 Å². The molecule has 0 spiro atoms. The average Bonchev–Trinajstić information content (AvgIpc) is 2.98. The Bertz CT molecular complexity index is 583. The molecule has 118 valence electrons. The highest BCUT2D eigenvalue weighted by Crippen LogP contribution is 2.24. The average molecular weight is 331 g/mol. The molecule has 2 aliphatic rings. The van der Waals surface area contributed by atoms with Crippen molar-refractivity contribution in [2.75, 3.05) is 19.6 Å². The van der Waals surface area contributed by atoms with E-state index >= 15 is 0 Å². The van der Waals surface area contributed by atoms with Crippen molar-refractivity contribution < 1.29 is 8.42 Å². The van der Waals surface area contributed by atoms with Crippen molar-refractivity contribution in [3.8, 4) is 0 Å². The van der Waals surface area contributed by atoms with E-state index in [0.717, 1.165) is 38.8 Å². The highest BCUT2D eigenvalue weighted by atomic mass is 35.5. The molecule has 1 heterocycles. The van der Waals surface area contributed by atoms with Crippen molar-refractivity contribution in [3.63, 3.8) is 0 Å². The smallest absolute Gasteiger partial charge is 0.240 e. The molecule has 1 atom stereocenters. The van der Waals surface area contributed by atoms with Crippen LogP contribution in [-0.2, 0) is 22.9 Å². The predicted molar refractivity (Wildman–Crippen MR) is 86.5 cm³/mol. The standard InChI is InChI=1S/C15H22N2O2S.ClH/c18-20(19,17-11-12-7-8-16-10-12)15-6-5-13-3-1-2-4-14(13)9-15;/h5-6,9,12,16-17H,1-4,7-8,10-11H2;1H. The number of sulfonamides is 1. The van der Waals surface area contributed by atoms with E-state index in [9.17, 15) is 8.42 Å². The van der Waals surface area contributed by atoms with Gasteiger partial charge in [-0.25, -0.2) is 13.1 Å². The normalized spacial score (nSPS) is 21.6. The summed E-state index contributed by atoms with van der Waals surface area (Å²) < 4.78 is 27.4. The van der Waals surface area contributed by atoms with Gasteiger partial charge in [0.2, 0.25) is 10.0 Å². The van der Waals surface area contributed by atoms with Crippen molar-refractivity contribution in [1.82, 2.24) is 10.0 Å². The second-order valence-electron chi connectivity index (χ2n) is 5.85. The Morgan fingerprint density at radius 1 is 1.19 bits per heavy atom. The maximum absolute atomic E-state index is 12.3. The third-order valence-electron chi connectivity index (χ3n) is 4.35. The van der Waals surface area contributed by atoms with E-state index < -0.39 is 10.0 Å². The largest absolute Gasteiger partial charge is 0.316 e. The minimum atomic E-state index is -3.36. The quantitative estimate of drug-likeness (QED) is 0.886. The Labute approximate surface area is 133 Å². The van der Waals surface area contributed by atoms with Crippen LogP contribution in [-0.4, -0.2) is 28.1 Å². The first-order chi connectivity index (χ1) is 9.65. The van der Waals surface area contributed by atoms with E-state index in [-0.39, 0.29) is 12.4 Å². The molecule has 1 aromatic carbocycles. The van der Waals surface area contributed by atoms with Crippen LogP contribution in [0.25, 0.3) is 0 Å². The highest BCUT2D eigenvalue weighted by molar-refractivity contribution is 7.89. The first kappa shape index (κ1) is 16.7. The SMILES string of the molecule is Cl.O=S(=O)(NCC1CCNC1)c1ccc2c(c1)CCCC2. The second kappa shape index (κ2) is 7.09. The predicted octanol–water partition coefficient (Wildman–Crippen LogP) is 1.88. The van der Waals surface area contributed by atoms with Crippen molar-refractivity contribution in [3.05, 3.63) is 29.3 Å². The Morgan fingerprint density at radius 2 is 1.95 bits per heavy atom. The van der Waals surface area contributed by atoms with Gasteiger partial charge in [0.1, 0.15) is 0 Å². The Morgan fingerprint density at radius 3 is 2.67 bits per heavy atom. The summed E-state index contributed by atoms with van der Waals surface area (Å²) in [5, 5.41) is 3.25. The number of halogens is 1. The van der Waals surface area contributed by atoms with E-state index in [1.54, 1.807) is 6.07 Å². The maximum atomic E-state index is 12.3. The van der Waals surface area contributed by atoms with Crippen LogP contribution in [0.1, 0.15) is 30.4 Å². The van der Waals surface area contributed by atoms with Gasteiger partial charge in [0.05, 0.1) is 4.90 Å². The molecule has 1 saturated heterocycles. The van der Waals surface area contributed by atoms with Gasteiger partial charge in [0, 0.05) is 6.54 Å². The number of hydrogen-bond acceptors (Lipinski definition) is 3. The van der Waals surface area contributed by atoms with Gasteiger partial charge in [-0.15, -0.1) is 12.4 Å². The van der Waals surface area contributed by atoms with Crippen molar-refractivity contribution in [2.24, 2.45) is 5.92 Å². The zero-order valence-electron chi connectivity index (χ0n) is 12.1. The maximum Gasteiger partial charge on any atom is 0.240 e. The molecule has 1 unspecified atom stereocenters. The summed E-state index contributed by atoms with van der Waals surface area (Å²) in [5.41, 5.74) is 2.52. The van der Waals surface area contributed by atoms with Gasteiger partial charge in [-0.1, -0.05) is 6.07 Å². The van der Waals surface area contributed by atoms with Crippen molar-refractivity contribution in [2.45, 2.75) is 37.0 Å². The summed E-state index contributed by atoms with van der Waals surface area (Å²) in [6.07, 6.45) is 5.51. The molecule has 6 heteroatoms. The number of aryl methyl sites for hydroxylation is 2. The Balaban J connectivity index is 0.00000161. The van der Waals surface area contributed by atoms with Crippen molar-refractivity contribution in [1.29, 1.82) is 0 Å². The van der Waals surface area contributed by atoms with Crippen LogP contribution in [0, 0.1) is 5.92 Å². The highest BCUT2D eigenvalue weighted by Gasteiger charge is 2.20. The lowest BCUT2D eigenvalue weighted by atomic mass is 9.92. The fourth-order valence-electron chi connectivity index (χ4n) is 3.08. The molecular weight excluding hydrogens is 308 g/mol. The zero-order chi connectivity index (χ0) is 14.0. The van der Waals surface area contributed by atoms with E-state index in [4.69, 9.17) is 0 Å². The minimum absolute atomic E-state index is 0. The molecule has 1 aromatic rings. The van der Waals surface area contributed by atoms with Gasteiger partial charge in [-0.05, 0) is 74.4 Å². The van der Waals surface area contributed by atoms with Gasteiger partial charge >= 0.3 is 0 Å². The molecular formula is C15H23ClN2O2S. The third-order valence-corrected chi connectivity index (χ3v) is 5.78. The van der Waals surface area contributed by atoms with Crippen LogP contribution in [0.3, 0.4) is 0 Å². The summed E-state index contributed by atoms with van der Waals surface area (Å²) >= 11 is 0. The van der Waals surface area contributed by atoms with E-state index in [1.165, 1.54) is 17.5 Å². The van der Waals surface area contributed by atoms with E-state index in [0.29, 0.717) is 17.4 Å².